The van der Waals surface area contributed by atoms with Crippen molar-refractivity contribution in [3.63, 3.8) is 0 Å². The van der Waals surface area contributed by atoms with E-state index in [1.54, 1.807) is 0 Å². The van der Waals surface area contributed by atoms with Crippen molar-refractivity contribution < 1.29 is 0 Å². The maximum absolute atomic E-state index is 3.26. The second-order valence-corrected chi connectivity index (χ2v) is 3.14. The molecule has 0 aliphatic heterocycles. The SMILES string of the molecule is [C]1=CC=CCC=CC=CCCCC1. The molecule has 0 N–H and O–H groups in total. The van der Waals surface area contributed by atoms with Crippen LogP contribution in [0.4, 0.5) is 0 Å². The zero-order valence-electron chi connectivity index (χ0n) is 8.08. The Bertz CT molecular complexity index is 192. The highest BCUT2D eigenvalue weighted by Crippen LogP contribution is 2.02. The molecule has 0 aromatic rings. The van der Waals surface area contributed by atoms with Gasteiger partial charge in [-0.25, -0.2) is 0 Å². The molecule has 1 rings (SSSR count). The molecule has 0 atom stereocenters. The van der Waals surface area contributed by atoms with E-state index in [-0.39, 0.29) is 0 Å². The molecule has 1 aliphatic carbocycles. The summed E-state index contributed by atoms with van der Waals surface area (Å²) in [5.41, 5.74) is 0. The van der Waals surface area contributed by atoms with Crippen LogP contribution in [-0.2, 0) is 0 Å². The summed E-state index contributed by atoms with van der Waals surface area (Å²) in [5.74, 6) is 0. The molecule has 0 saturated heterocycles. The van der Waals surface area contributed by atoms with Crippen LogP contribution in [0.3, 0.4) is 0 Å². The van der Waals surface area contributed by atoms with Crippen molar-refractivity contribution in [2.45, 2.75) is 32.1 Å². The van der Waals surface area contributed by atoms with Gasteiger partial charge in [0.1, 0.15) is 0 Å². The molecular weight excluding hydrogens is 156 g/mol. The molecule has 1 radical (unpaired) electrons. The Morgan fingerprint density at radius 2 is 1.69 bits per heavy atom. The summed E-state index contributed by atoms with van der Waals surface area (Å²) in [6, 6.07) is 0. The van der Waals surface area contributed by atoms with Crippen molar-refractivity contribution in [2.75, 3.05) is 0 Å². The predicted molar refractivity (Wildman–Crippen MR) is 58.3 cm³/mol. The minimum absolute atomic E-state index is 1.02. The van der Waals surface area contributed by atoms with Gasteiger partial charge in [0.15, 0.2) is 0 Å². The van der Waals surface area contributed by atoms with Crippen molar-refractivity contribution in [1.29, 1.82) is 0 Å². The molecule has 0 unspecified atom stereocenters. The van der Waals surface area contributed by atoms with E-state index in [0.29, 0.717) is 0 Å². The van der Waals surface area contributed by atoms with E-state index in [0.717, 1.165) is 12.8 Å². The molecule has 69 valence electrons. The monoisotopic (exact) mass is 173 g/mol. The van der Waals surface area contributed by atoms with Crippen LogP contribution in [-0.4, -0.2) is 0 Å². The maximum Gasteiger partial charge on any atom is -0.0163 e. The van der Waals surface area contributed by atoms with E-state index in [2.05, 4.69) is 42.5 Å². The molecule has 13 heavy (non-hydrogen) atoms. The minimum atomic E-state index is 1.02. The van der Waals surface area contributed by atoms with Gasteiger partial charge in [0.05, 0.1) is 0 Å². The van der Waals surface area contributed by atoms with E-state index in [4.69, 9.17) is 0 Å². The number of hydrogen-bond acceptors (Lipinski definition) is 0. The summed E-state index contributed by atoms with van der Waals surface area (Å²) in [5, 5.41) is 0. The number of hydrogen-bond donors (Lipinski definition) is 0. The fraction of sp³-hybridized carbons (Fsp3) is 0.385. The Morgan fingerprint density at radius 1 is 0.846 bits per heavy atom. The second kappa shape index (κ2) is 7.60. The lowest BCUT2D eigenvalue weighted by Gasteiger charge is -1.90. The zero-order valence-corrected chi connectivity index (χ0v) is 8.08. The molecule has 0 amide bonds. The Labute approximate surface area is 81.4 Å². The molecular formula is C13H17. The molecule has 0 saturated carbocycles. The lowest BCUT2D eigenvalue weighted by molar-refractivity contribution is 0.754. The van der Waals surface area contributed by atoms with Gasteiger partial charge in [-0.2, -0.15) is 0 Å². The van der Waals surface area contributed by atoms with Crippen molar-refractivity contribution in [3.05, 3.63) is 48.6 Å². The van der Waals surface area contributed by atoms with Gasteiger partial charge in [-0.15, -0.1) is 0 Å². The third-order valence-corrected chi connectivity index (χ3v) is 1.95. The molecule has 0 aromatic heterocycles. The first kappa shape index (κ1) is 10.0. The number of allylic oxidation sites excluding steroid dienone is 8. The third kappa shape index (κ3) is 6.15. The lowest BCUT2D eigenvalue weighted by Crippen LogP contribution is -1.72. The van der Waals surface area contributed by atoms with Gasteiger partial charge in [-0.05, 0) is 38.2 Å². The van der Waals surface area contributed by atoms with E-state index in [9.17, 15) is 0 Å². The van der Waals surface area contributed by atoms with E-state index >= 15 is 0 Å². The predicted octanol–water partition coefficient (Wildman–Crippen LogP) is 3.98. The van der Waals surface area contributed by atoms with Crippen LogP contribution in [0.25, 0.3) is 0 Å². The molecule has 1 aliphatic rings. The summed E-state index contributed by atoms with van der Waals surface area (Å²) in [6.07, 6.45) is 24.0. The molecule has 0 spiro atoms. The summed E-state index contributed by atoms with van der Waals surface area (Å²) in [6.45, 7) is 0. The van der Waals surface area contributed by atoms with Crippen molar-refractivity contribution in [2.24, 2.45) is 0 Å². The quantitative estimate of drug-likeness (QED) is 0.520. The van der Waals surface area contributed by atoms with Crippen LogP contribution < -0.4 is 0 Å². The summed E-state index contributed by atoms with van der Waals surface area (Å²) < 4.78 is 0. The fourth-order valence-electron chi connectivity index (χ4n) is 1.20. The van der Waals surface area contributed by atoms with Crippen LogP contribution >= 0.6 is 0 Å². The first-order valence-electron chi connectivity index (χ1n) is 5.03. The van der Waals surface area contributed by atoms with Crippen molar-refractivity contribution in [3.8, 4) is 0 Å². The normalized spacial score (nSPS) is 19.1. The summed E-state index contributed by atoms with van der Waals surface area (Å²) in [7, 11) is 0. The van der Waals surface area contributed by atoms with Gasteiger partial charge in [0, 0.05) is 0 Å². The van der Waals surface area contributed by atoms with Crippen LogP contribution in [0, 0.1) is 6.08 Å². The molecule has 0 heterocycles. The van der Waals surface area contributed by atoms with Gasteiger partial charge < -0.3 is 0 Å². The first-order chi connectivity index (χ1) is 6.50. The molecule has 0 bridgehead atoms. The van der Waals surface area contributed by atoms with Gasteiger partial charge in [0.2, 0.25) is 0 Å². The zero-order chi connectivity index (χ0) is 9.19. The first-order valence-corrected chi connectivity index (χ1v) is 5.03. The number of rotatable bonds is 0. The van der Waals surface area contributed by atoms with Crippen molar-refractivity contribution in [1.82, 2.24) is 0 Å². The molecule has 0 heteroatoms. The molecule has 0 fully saturated rings. The second-order valence-electron chi connectivity index (χ2n) is 3.14. The van der Waals surface area contributed by atoms with E-state index in [1.807, 2.05) is 6.08 Å². The summed E-state index contributed by atoms with van der Waals surface area (Å²) in [4.78, 5) is 0. The highest BCUT2D eigenvalue weighted by atomic mass is 13.9. The molecule has 0 nitrogen and oxygen atoms in total. The fourth-order valence-corrected chi connectivity index (χ4v) is 1.20. The minimum Gasteiger partial charge on any atom is -0.0845 e. The van der Waals surface area contributed by atoms with Gasteiger partial charge >= 0.3 is 0 Å². The summed E-state index contributed by atoms with van der Waals surface area (Å²) >= 11 is 0. The molecule has 0 aromatic carbocycles. The third-order valence-electron chi connectivity index (χ3n) is 1.95. The smallest absolute Gasteiger partial charge is 0.0163 e. The Balaban J connectivity index is 2.38. The lowest BCUT2D eigenvalue weighted by atomic mass is 10.2. The van der Waals surface area contributed by atoms with Crippen molar-refractivity contribution >= 4 is 0 Å². The van der Waals surface area contributed by atoms with Crippen LogP contribution in [0.2, 0.25) is 0 Å². The highest BCUT2D eigenvalue weighted by molar-refractivity contribution is 5.07. The average Bonchev–Trinajstić information content (AvgIpc) is 2.18. The topological polar surface area (TPSA) is 0 Å². The van der Waals surface area contributed by atoms with Crippen LogP contribution in [0.5, 0.6) is 0 Å². The van der Waals surface area contributed by atoms with Gasteiger partial charge in [-0.3, -0.25) is 0 Å². The van der Waals surface area contributed by atoms with Gasteiger partial charge in [0.25, 0.3) is 0 Å². The van der Waals surface area contributed by atoms with E-state index in [1.165, 1.54) is 19.3 Å². The van der Waals surface area contributed by atoms with Gasteiger partial charge in [-0.1, -0.05) is 42.5 Å². The Kier molecular flexibility index (Phi) is 5.87. The average molecular weight is 173 g/mol. The standard InChI is InChI=1S/C13H17/c1-2-4-6-8-10-12-13-11-9-7-5-3-1/h1-4,7,9,11H,5-6,8,10,12H2. The van der Waals surface area contributed by atoms with Crippen LogP contribution in [0.15, 0.2) is 42.5 Å². The Morgan fingerprint density at radius 3 is 2.69 bits per heavy atom. The highest BCUT2D eigenvalue weighted by Gasteiger charge is 1.83. The largest absolute Gasteiger partial charge is 0.0845 e. The Hall–Kier alpha value is -1.04. The maximum atomic E-state index is 3.26. The van der Waals surface area contributed by atoms with E-state index < -0.39 is 0 Å². The van der Waals surface area contributed by atoms with Crippen LogP contribution in [0.1, 0.15) is 32.1 Å².